The fraction of sp³-hybridized carbons (Fsp3) is 0.733. The van der Waals surface area contributed by atoms with E-state index in [1.165, 1.54) is 24.8 Å². The molecule has 1 aromatic heterocycles. The predicted molar refractivity (Wildman–Crippen MR) is 74.4 cm³/mol. The first kappa shape index (κ1) is 13.6. The van der Waals surface area contributed by atoms with Crippen LogP contribution in [-0.2, 0) is 13.1 Å². The van der Waals surface area contributed by atoms with E-state index in [2.05, 4.69) is 37.2 Å². The molecule has 0 aromatic carbocycles. The van der Waals surface area contributed by atoms with Gasteiger partial charge in [0.15, 0.2) is 0 Å². The van der Waals surface area contributed by atoms with Gasteiger partial charge in [-0.15, -0.1) is 0 Å². The molecule has 1 heterocycles. The molecule has 1 saturated carbocycles. The van der Waals surface area contributed by atoms with Crippen LogP contribution in [0.2, 0.25) is 0 Å². The van der Waals surface area contributed by atoms with Crippen molar-refractivity contribution in [1.82, 2.24) is 10.2 Å². The normalized spacial score (nSPS) is 16.5. The van der Waals surface area contributed by atoms with Crippen LogP contribution in [0.1, 0.15) is 44.4 Å². The van der Waals surface area contributed by atoms with Crippen LogP contribution in [0, 0.1) is 5.92 Å². The van der Waals surface area contributed by atoms with E-state index in [-0.39, 0.29) is 0 Å². The molecular weight excluding hydrogens is 224 g/mol. The maximum absolute atomic E-state index is 5.63. The van der Waals surface area contributed by atoms with Crippen LogP contribution in [0.5, 0.6) is 0 Å². The Balaban J connectivity index is 1.82. The van der Waals surface area contributed by atoms with Crippen molar-refractivity contribution in [3.8, 4) is 0 Å². The summed E-state index contributed by atoms with van der Waals surface area (Å²) in [4.78, 5) is 2.42. The van der Waals surface area contributed by atoms with Crippen molar-refractivity contribution in [3.05, 3.63) is 23.7 Å². The van der Waals surface area contributed by atoms with E-state index < -0.39 is 0 Å². The van der Waals surface area contributed by atoms with Crippen molar-refractivity contribution in [3.63, 3.8) is 0 Å². The average Bonchev–Trinajstić information content (AvgIpc) is 2.62. The van der Waals surface area contributed by atoms with Gasteiger partial charge >= 0.3 is 0 Å². The molecule has 0 aliphatic heterocycles. The fourth-order valence-electron chi connectivity index (χ4n) is 2.34. The lowest BCUT2D eigenvalue weighted by atomic mass is 9.92. The first-order valence-electron chi connectivity index (χ1n) is 7.13. The molecule has 102 valence electrons. The second kappa shape index (κ2) is 6.39. The van der Waals surface area contributed by atoms with Gasteiger partial charge in [-0.25, -0.2) is 0 Å². The third-order valence-electron chi connectivity index (χ3n) is 3.80. The number of hydrogen-bond acceptors (Lipinski definition) is 3. The maximum atomic E-state index is 5.63. The molecule has 0 atom stereocenters. The third kappa shape index (κ3) is 3.59. The zero-order chi connectivity index (χ0) is 13.0. The molecule has 2 rings (SSSR count). The molecule has 0 spiro atoms. The number of rotatable bonds is 7. The van der Waals surface area contributed by atoms with Crippen molar-refractivity contribution in [2.45, 2.75) is 52.2 Å². The van der Waals surface area contributed by atoms with Crippen LogP contribution in [0.4, 0.5) is 0 Å². The van der Waals surface area contributed by atoms with Gasteiger partial charge in [-0.2, -0.15) is 0 Å². The van der Waals surface area contributed by atoms with Crippen molar-refractivity contribution in [2.24, 2.45) is 5.92 Å². The SMILES string of the molecule is CC(C)CNCc1ccoc1CN(C)C1CCC1. The predicted octanol–water partition coefficient (Wildman–Crippen LogP) is 3.01. The molecule has 0 saturated heterocycles. The largest absolute Gasteiger partial charge is 0.468 e. The van der Waals surface area contributed by atoms with E-state index in [0.29, 0.717) is 5.92 Å². The monoisotopic (exact) mass is 250 g/mol. The Morgan fingerprint density at radius 2 is 2.22 bits per heavy atom. The lowest BCUT2D eigenvalue weighted by molar-refractivity contribution is 0.142. The summed E-state index contributed by atoms with van der Waals surface area (Å²) < 4.78 is 5.63. The highest BCUT2D eigenvalue weighted by Crippen LogP contribution is 2.25. The third-order valence-corrected chi connectivity index (χ3v) is 3.80. The second-order valence-electron chi connectivity index (χ2n) is 5.89. The van der Waals surface area contributed by atoms with Crippen LogP contribution >= 0.6 is 0 Å². The standard InChI is InChI=1S/C15H26N2O/c1-12(2)9-16-10-13-7-8-18-15(13)11-17(3)14-5-4-6-14/h7-8,12,14,16H,4-6,9-11H2,1-3H3. The molecule has 1 aromatic rings. The molecule has 1 aliphatic carbocycles. The minimum Gasteiger partial charge on any atom is -0.468 e. The van der Waals surface area contributed by atoms with Crippen molar-refractivity contribution in [1.29, 1.82) is 0 Å². The zero-order valence-corrected chi connectivity index (χ0v) is 11.9. The fourth-order valence-corrected chi connectivity index (χ4v) is 2.34. The van der Waals surface area contributed by atoms with Gasteiger partial charge in [0.25, 0.3) is 0 Å². The zero-order valence-electron chi connectivity index (χ0n) is 11.9. The number of nitrogens with one attached hydrogen (secondary N) is 1. The van der Waals surface area contributed by atoms with E-state index in [1.54, 1.807) is 0 Å². The molecular formula is C15H26N2O. The Kier molecular flexibility index (Phi) is 4.84. The molecule has 1 N–H and O–H groups in total. The molecule has 3 nitrogen and oxygen atoms in total. The highest BCUT2D eigenvalue weighted by atomic mass is 16.3. The van der Waals surface area contributed by atoms with Crippen molar-refractivity contribution >= 4 is 0 Å². The smallest absolute Gasteiger partial charge is 0.122 e. The quantitative estimate of drug-likeness (QED) is 0.806. The minimum atomic E-state index is 0.693. The minimum absolute atomic E-state index is 0.693. The van der Waals surface area contributed by atoms with Gasteiger partial charge in [0.05, 0.1) is 12.8 Å². The summed E-state index contributed by atoms with van der Waals surface area (Å²) in [5.74, 6) is 1.82. The maximum Gasteiger partial charge on any atom is 0.122 e. The Morgan fingerprint density at radius 1 is 1.44 bits per heavy atom. The van der Waals surface area contributed by atoms with Crippen LogP contribution < -0.4 is 5.32 Å². The van der Waals surface area contributed by atoms with Gasteiger partial charge in [-0.1, -0.05) is 20.3 Å². The number of hydrogen-bond donors (Lipinski definition) is 1. The Labute approximate surface area is 111 Å². The molecule has 0 radical (unpaired) electrons. The lowest BCUT2D eigenvalue weighted by Gasteiger charge is -2.34. The summed E-state index contributed by atoms with van der Waals surface area (Å²) in [7, 11) is 2.21. The van der Waals surface area contributed by atoms with E-state index in [4.69, 9.17) is 4.42 Å². The van der Waals surface area contributed by atoms with Crippen LogP contribution in [0.3, 0.4) is 0 Å². The summed E-state index contributed by atoms with van der Waals surface area (Å²) in [6, 6.07) is 2.86. The van der Waals surface area contributed by atoms with Gasteiger partial charge in [-0.3, -0.25) is 4.90 Å². The van der Waals surface area contributed by atoms with Crippen LogP contribution in [0.25, 0.3) is 0 Å². The Bertz CT molecular complexity index is 355. The van der Waals surface area contributed by atoms with E-state index in [1.807, 2.05) is 6.26 Å². The summed E-state index contributed by atoms with van der Waals surface area (Å²) in [6.07, 6.45) is 5.89. The summed E-state index contributed by atoms with van der Waals surface area (Å²) in [5, 5.41) is 3.48. The molecule has 0 amide bonds. The molecule has 0 unspecified atom stereocenters. The van der Waals surface area contributed by atoms with Crippen molar-refractivity contribution in [2.75, 3.05) is 13.6 Å². The van der Waals surface area contributed by atoms with Crippen molar-refractivity contribution < 1.29 is 4.42 Å². The van der Waals surface area contributed by atoms with Gasteiger partial charge in [0, 0.05) is 18.2 Å². The van der Waals surface area contributed by atoms with Gasteiger partial charge in [0.2, 0.25) is 0 Å². The average molecular weight is 250 g/mol. The topological polar surface area (TPSA) is 28.4 Å². The second-order valence-corrected chi connectivity index (χ2v) is 5.89. The molecule has 18 heavy (non-hydrogen) atoms. The Hall–Kier alpha value is -0.800. The van der Waals surface area contributed by atoms with E-state index in [9.17, 15) is 0 Å². The summed E-state index contributed by atoms with van der Waals surface area (Å²) in [6.45, 7) is 7.38. The molecule has 3 heteroatoms. The Morgan fingerprint density at radius 3 is 2.83 bits per heavy atom. The first-order valence-corrected chi connectivity index (χ1v) is 7.13. The summed E-state index contributed by atoms with van der Waals surface area (Å²) in [5.41, 5.74) is 1.31. The highest BCUT2D eigenvalue weighted by Gasteiger charge is 2.23. The van der Waals surface area contributed by atoms with Gasteiger partial charge in [0.1, 0.15) is 5.76 Å². The highest BCUT2D eigenvalue weighted by molar-refractivity contribution is 5.17. The van der Waals surface area contributed by atoms with E-state index in [0.717, 1.165) is 31.4 Å². The van der Waals surface area contributed by atoms with Crippen LogP contribution in [0.15, 0.2) is 16.7 Å². The number of nitrogens with zero attached hydrogens (tertiary/aromatic N) is 1. The first-order chi connectivity index (χ1) is 8.66. The van der Waals surface area contributed by atoms with Crippen LogP contribution in [-0.4, -0.2) is 24.5 Å². The molecule has 1 aliphatic rings. The summed E-state index contributed by atoms with van der Waals surface area (Å²) >= 11 is 0. The molecule has 1 fully saturated rings. The van der Waals surface area contributed by atoms with Gasteiger partial charge < -0.3 is 9.73 Å². The number of furan rings is 1. The molecule has 0 bridgehead atoms. The van der Waals surface area contributed by atoms with Gasteiger partial charge in [-0.05, 0) is 38.4 Å². The lowest BCUT2D eigenvalue weighted by Crippen LogP contribution is -2.36. The van der Waals surface area contributed by atoms with E-state index >= 15 is 0 Å².